The largest absolute Gasteiger partial charge is 0.464 e. The van der Waals surface area contributed by atoms with Gasteiger partial charge in [0.1, 0.15) is 28.2 Å². The summed E-state index contributed by atoms with van der Waals surface area (Å²) in [5, 5.41) is 12.8. The van der Waals surface area contributed by atoms with Gasteiger partial charge in [-0.2, -0.15) is 9.64 Å². The molecule has 6 heteroatoms. The van der Waals surface area contributed by atoms with Gasteiger partial charge >= 0.3 is 0 Å². The van der Waals surface area contributed by atoms with Gasteiger partial charge < -0.3 is 15.5 Å². The molecule has 1 atom stereocenters. The summed E-state index contributed by atoms with van der Waals surface area (Å²) in [6, 6.07) is 5.81. The third-order valence-corrected chi connectivity index (χ3v) is 3.16. The fraction of sp³-hybridized carbons (Fsp3) is 0.273. The normalized spacial score (nSPS) is 12.1. The first kappa shape index (κ1) is 11.5. The zero-order valence-corrected chi connectivity index (χ0v) is 10.3. The number of nitrogen functional groups attached to an aromatic ring is 1. The number of hydrogen-bond donors (Lipinski definition) is 2. The van der Waals surface area contributed by atoms with Crippen molar-refractivity contribution in [1.82, 2.24) is 4.37 Å². The Hall–Kier alpha value is -2.00. The predicted octanol–water partition coefficient (Wildman–Crippen LogP) is 2.67. The highest BCUT2D eigenvalue weighted by atomic mass is 32.1. The van der Waals surface area contributed by atoms with Crippen molar-refractivity contribution < 1.29 is 4.42 Å². The monoisotopic (exact) mass is 248 g/mol. The number of anilines is 2. The average Bonchev–Trinajstić information content (AvgIpc) is 2.86. The molecule has 3 N–H and O–H groups in total. The first-order valence-corrected chi connectivity index (χ1v) is 5.87. The molecule has 0 bridgehead atoms. The van der Waals surface area contributed by atoms with E-state index in [-0.39, 0.29) is 11.9 Å². The topological polar surface area (TPSA) is 87.9 Å². The lowest BCUT2D eigenvalue weighted by Gasteiger charge is -2.10. The second-order valence-electron chi connectivity index (χ2n) is 3.70. The molecule has 2 rings (SSSR count). The lowest BCUT2D eigenvalue weighted by atomic mass is 10.2. The highest BCUT2D eigenvalue weighted by molar-refractivity contribution is 7.10. The fourth-order valence-electron chi connectivity index (χ4n) is 1.46. The SMILES string of the molecule is Cc1ccc(C(C)Nc2snc(N)c2C#N)o1. The molecule has 2 aromatic heterocycles. The van der Waals surface area contributed by atoms with Crippen LogP contribution < -0.4 is 11.1 Å². The van der Waals surface area contributed by atoms with Gasteiger partial charge in [0.15, 0.2) is 5.82 Å². The minimum atomic E-state index is -0.0318. The molecule has 0 saturated carbocycles. The lowest BCUT2D eigenvalue weighted by molar-refractivity contribution is 0.467. The molecule has 0 aliphatic carbocycles. The van der Waals surface area contributed by atoms with Gasteiger partial charge in [0, 0.05) is 0 Å². The Balaban J connectivity index is 2.19. The number of nitrogens with one attached hydrogen (secondary N) is 1. The Morgan fingerprint density at radius 1 is 1.59 bits per heavy atom. The zero-order chi connectivity index (χ0) is 12.4. The van der Waals surface area contributed by atoms with Crippen molar-refractivity contribution in [2.75, 3.05) is 11.1 Å². The molecule has 0 aliphatic rings. The van der Waals surface area contributed by atoms with Gasteiger partial charge in [0.05, 0.1) is 6.04 Å². The van der Waals surface area contributed by atoms with Crippen LogP contribution >= 0.6 is 11.5 Å². The summed E-state index contributed by atoms with van der Waals surface area (Å²) in [4.78, 5) is 0. The second-order valence-corrected chi connectivity index (χ2v) is 4.47. The van der Waals surface area contributed by atoms with E-state index in [1.807, 2.05) is 32.0 Å². The summed E-state index contributed by atoms with van der Waals surface area (Å²) in [6.45, 7) is 3.84. The van der Waals surface area contributed by atoms with Crippen molar-refractivity contribution in [3.63, 3.8) is 0 Å². The molecule has 2 aromatic rings. The molecule has 88 valence electrons. The average molecular weight is 248 g/mol. The van der Waals surface area contributed by atoms with Crippen LogP contribution in [0, 0.1) is 18.3 Å². The maximum Gasteiger partial charge on any atom is 0.157 e. The van der Waals surface area contributed by atoms with Crippen molar-refractivity contribution in [3.05, 3.63) is 29.2 Å². The van der Waals surface area contributed by atoms with E-state index in [9.17, 15) is 0 Å². The smallest absolute Gasteiger partial charge is 0.157 e. The summed E-state index contributed by atoms with van der Waals surface area (Å²) in [5.74, 6) is 1.94. The molecular formula is C11H12N4OS. The van der Waals surface area contributed by atoms with Crippen LogP contribution in [0.3, 0.4) is 0 Å². The van der Waals surface area contributed by atoms with Crippen molar-refractivity contribution in [3.8, 4) is 6.07 Å². The molecule has 1 unspecified atom stereocenters. The van der Waals surface area contributed by atoms with Crippen LogP contribution in [0.25, 0.3) is 0 Å². The Kier molecular flexibility index (Phi) is 3.02. The predicted molar refractivity (Wildman–Crippen MR) is 66.7 cm³/mol. The summed E-state index contributed by atoms with van der Waals surface area (Å²) in [6.07, 6.45) is 0. The number of nitrogens with zero attached hydrogens (tertiary/aromatic N) is 2. The van der Waals surface area contributed by atoms with Crippen molar-refractivity contribution in [2.24, 2.45) is 0 Å². The van der Waals surface area contributed by atoms with Crippen LogP contribution in [-0.4, -0.2) is 4.37 Å². The van der Waals surface area contributed by atoms with Crippen LogP contribution in [0.5, 0.6) is 0 Å². The van der Waals surface area contributed by atoms with Gasteiger partial charge in [-0.1, -0.05) is 0 Å². The minimum Gasteiger partial charge on any atom is -0.464 e. The van der Waals surface area contributed by atoms with E-state index in [0.29, 0.717) is 10.6 Å². The minimum absolute atomic E-state index is 0.0318. The van der Waals surface area contributed by atoms with Gasteiger partial charge in [-0.25, -0.2) is 0 Å². The van der Waals surface area contributed by atoms with Crippen LogP contribution in [0.15, 0.2) is 16.5 Å². The first-order chi connectivity index (χ1) is 8.11. The number of aryl methyl sites for hydroxylation is 1. The number of furan rings is 1. The number of aromatic nitrogens is 1. The molecule has 0 saturated heterocycles. The highest BCUT2D eigenvalue weighted by Crippen LogP contribution is 2.29. The molecule has 0 amide bonds. The van der Waals surface area contributed by atoms with E-state index in [0.717, 1.165) is 11.5 Å². The van der Waals surface area contributed by atoms with Gasteiger partial charge in [-0.05, 0) is 37.5 Å². The maximum atomic E-state index is 8.95. The second kappa shape index (κ2) is 4.47. The summed E-state index contributed by atoms with van der Waals surface area (Å²) < 4.78 is 9.45. The van der Waals surface area contributed by atoms with Gasteiger partial charge in [-0.15, -0.1) is 0 Å². The Bertz CT molecular complexity index is 566. The number of nitriles is 1. The van der Waals surface area contributed by atoms with Crippen LogP contribution in [0.2, 0.25) is 0 Å². The van der Waals surface area contributed by atoms with Crippen LogP contribution in [0.4, 0.5) is 10.8 Å². The van der Waals surface area contributed by atoms with E-state index in [4.69, 9.17) is 15.4 Å². The fourth-order valence-corrected chi connectivity index (χ4v) is 2.21. The van der Waals surface area contributed by atoms with Gasteiger partial charge in [-0.3, -0.25) is 0 Å². The third-order valence-electron chi connectivity index (χ3n) is 2.37. The molecule has 0 aromatic carbocycles. The van der Waals surface area contributed by atoms with Crippen molar-refractivity contribution >= 4 is 22.4 Å². The lowest BCUT2D eigenvalue weighted by Crippen LogP contribution is -2.05. The van der Waals surface area contributed by atoms with Gasteiger partial charge in [0.2, 0.25) is 0 Å². The Morgan fingerprint density at radius 2 is 2.35 bits per heavy atom. The maximum absolute atomic E-state index is 8.95. The standard InChI is InChI=1S/C11H12N4OS/c1-6-3-4-9(16-6)7(2)14-11-8(5-12)10(13)15-17-11/h3-4,7,14H,1-2H3,(H2,13,15). The van der Waals surface area contributed by atoms with E-state index in [1.54, 1.807) is 0 Å². The molecule has 0 spiro atoms. The molecule has 17 heavy (non-hydrogen) atoms. The zero-order valence-electron chi connectivity index (χ0n) is 9.52. The molecule has 5 nitrogen and oxygen atoms in total. The van der Waals surface area contributed by atoms with Crippen LogP contribution in [-0.2, 0) is 0 Å². The highest BCUT2D eigenvalue weighted by Gasteiger charge is 2.15. The molecule has 2 heterocycles. The molecule has 0 radical (unpaired) electrons. The quantitative estimate of drug-likeness (QED) is 0.871. The summed E-state index contributed by atoms with van der Waals surface area (Å²) in [5.41, 5.74) is 5.98. The summed E-state index contributed by atoms with van der Waals surface area (Å²) >= 11 is 1.18. The number of hydrogen-bond acceptors (Lipinski definition) is 6. The van der Waals surface area contributed by atoms with E-state index in [1.165, 1.54) is 11.5 Å². The number of nitrogens with two attached hydrogens (primary N) is 1. The molecule has 0 fully saturated rings. The van der Waals surface area contributed by atoms with Gasteiger partial charge in [0.25, 0.3) is 0 Å². The van der Waals surface area contributed by atoms with E-state index < -0.39 is 0 Å². The molecular weight excluding hydrogens is 236 g/mol. The first-order valence-electron chi connectivity index (χ1n) is 5.10. The van der Waals surface area contributed by atoms with E-state index >= 15 is 0 Å². The summed E-state index contributed by atoms with van der Waals surface area (Å²) in [7, 11) is 0. The van der Waals surface area contributed by atoms with Crippen LogP contribution in [0.1, 0.15) is 30.0 Å². The third kappa shape index (κ3) is 2.24. The Labute approximate surface area is 103 Å². The van der Waals surface area contributed by atoms with E-state index in [2.05, 4.69) is 9.69 Å². The van der Waals surface area contributed by atoms with Crippen molar-refractivity contribution in [2.45, 2.75) is 19.9 Å². The Morgan fingerprint density at radius 3 is 2.94 bits per heavy atom. The molecule has 0 aliphatic heterocycles. The number of rotatable bonds is 3. The van der Waals surface area contributed by atoms with Crippen molar-refractivity contribution in [1.29, 1.82) is 5.26 Å².